The van der Waals surface area contributed by atoms with E-state index in [0.29, 0.717) is 0 Å². The van der Waals surface area contributed by atoms with Gasteiger partial charge in [-0.15, -0.1) is 0 Å². The van der Waals surface area contributed by atoms with Crippen molar-refractivity contribution in [2.24, 2.45) is 0 Å². The highest BCUT2D eigenvalue weighted by atomic mass is 16.3. The molecule has 0 unspecified atom stereocenters. The van der Waals surface area contributed by atoms with Crippen LogP contribution < -0.4 is 0 Å². The molecule has 4 rings (SSSR count). The number of hydrogen-bond donors (Lipinski definition) is 0. The van der Waals surface area contributed by atoms with Crippen LogP contribution in [0.1, 0.15) is 16.9 Å². The summed E-state index contributed by atoms with van der Waals surface area (Å²) in [4.78, 5) is 4.82. The first-order chi connectivity index (χ1) is 11.2. The molecule has 0 aliphatic carbocycles. The van der Waals surface area contributed by atoms with Gasteiger partial charge in [0.1, 0.15) is 5.76 Å². The van der Waals surface area contributed by atoms with E-state index in [1.807, 2.05) is 25.1 Å². The van der Waals surface area contributed by atoms with E-state index in [4.69, 9.17) is 9.40 Å². The molecule has 2 aromatic heterocycles. The number of fused-ring (bicyclic) bond motifs is 1. The highest BCUT2D eigenvalue weighted by Crippen LogP contribution is 2.27. The molecule has 0 spiro atoms. The van der Waals surface area contributed by atoms with Crippen LogP contribution in [-0.4, -0.2) is 9.55 Å². The molecule has 2 aromatic carbocycles. The maximum atomic E-state index is 5.82. The van der Waals surface area contributed by atoms with Crippen molar-refractivity contribution in [2.75, 3.05) is 0 Å². The number of aryl methyl sites for hydroxylation is 2. The van der Waals surface area contributed by atoms with Crippen molar-refractivity contribution in [3.63, 3.8) is 0 Å². The normalized spacial score (nSPS) is 11.2. The van der Waals surface area contributed by atoms with E-state index in [0.717, 1.165) is 34.9 Å². The summed E-state index contributed by atoms with van der Waals surface area (Å²) in [5, 5.41) is 0. The Morgan fingerprint density at radius 2 is 1.78 bits per heavy atom. The van der Waals surface area contributed by atoms with E-state index < -0.39 is 0 Å². The Bertz CT molecular complexity index is 964. The van der Waals surface area contributed by atoms with Gasteiger partial charge in [-0.2, -0.15) is 0 Å². The van der Waals surface area contributed by atoms with Gasteiger partial charge in [0.2, 0.25) is 0 Å². The molecule has 3 heteroatoms. The first-order valence-corrected chi connectivity index (χ1v) is 7.78. The summed E-state index contributed by atoms with van der Waals surface area (Å²) in [6.45, 7) is 4.82. The highest BCUT2D eigenvalue weighted by molar-refractivity contribution is 5.80. The number of imidazole rings is 1. The molecule has 0 aliphatic heterocycles. The van der Waals surface area contributed by atoms with E-state index in [1.165, 1.54) is 11.1 Å². The Labute approximate surface area is 135 Å². The average Bonchev–Trinajstić information content (AvgIpc) is 3.12. The van der Waals surface area contributed by atoms with Crippen LogP contribution in [0.5, 0.6) is 0 Å². The SMILES string of the molecule is Cc1ccc2c(c1)nc(-c1ccc(C)o1)n2Cc1ccccc1. The zero-order valence-electron chi connectivity index (χ0n) is 13.3. The van der Waals surface area contributed by atoms with Gasteiger partial charge in [0.15, 0.2) is 11.6 Å². The molecule has 23 heavy (non-hydrogen) atoms. The molecule has 0 saturated heterocycles. The predicted octanol–water partition coefficient (Wildman–Crippen LogP) is 4.96. The second-order valence-electron chi connectivity index (χ2n) is 5.91. The highest BCUT2D eigenvalue weighted by Gasteiger charge is 2.15. The second-order valence-corrected chi connectivity index (χ2v) is 5.91. The maximum absolute atomic E-state index is 5.82. The van der Waals surface area contributed by atoms with E-state index in [1.54, 1.807) is 0 Å². The van der Waals surface area contributed by atoms with Crippen molar-refractivity contribution in [3.05, 3.63) is 77.6 Å². The number of furan rings is 1. The molecule has 2 heterocycles. The van der Waals surface area contributed by atoms with E-state index >= 15 is 0 Å². The summed E-state index contributed by atoms with van der Waals surface area (Å²) < 4.78 is 8.05. The lowest BCUT2D eigenvalue weighted by atomic mass is 10.2. The summed E-state index contributed by atoms with van der Waals surface area (Å²) in [5.41, 5.74) is 4.59. The van der Waals surface area contributed by atoms with Gasteiger partial charge in [-0.1, -0.05) is 36.4 Å². The van der Waals surface area contributed by atoms with Crippen LogP contribution in [0, 0.1) is 13.8 Å². The van der Waals surface area contributed by atoms with Gasteiger partial charge in [-0.05, 0) is 49.2 Å². The van der Waals surface area contributed by atoms with Gasteiger partial charge in [0, 0.05) is 6.54 Å². The first kappa shape index (κ1) is 13.8. The third kappa shape index (κ3) is 2.55. The van der Waals surface area contributed by atoms with Gasteiger partial charge >= 0.3 is 0 Å². The van der Waals surface area contributed by atoms with Gasteiger partial charge in [0.25, 0.3) is 0 Å². The largest absolute Gasteiger partial charge is 0.458 e. The molecule has 0 fully saturated rings. The minimum Gasteiger partial charge on any atom is -0.458 e. The summed E-state index contributed by atoms with van der Waals surface area (Å²) in [7, 11) is 0. The topological polar surface area (TPSA) is 31.0 Å². The smallest absolute Gasteiger partial charge is 0.177 e. The van der Waals surface area contributed by atoms with Crippen molar-refractivity contribution in [1.82, 2.24) is 9.55 Å². The van der Waals surface area contributed by atoms with Crippen molar-refractivity contribution >= 4 is 11.0 Å². The molecular weight excluding hydrogens is 284 g/mol. The molecule has 114 valence electrons. The van der Waals surface area contributed by atoms with Gasteiger partial charge < -0.3 is 8.98 Å². The van der Waals surface area contributed by atoms with Crippen LogP contribution in [0.3, 0.4) is 0 Å². The van der Waals surface area contributed by atoms with E-state index in [9.17, 15) is 0 Å². The monoisotopic (exact) mass is 302 g/mol. The molecule has 0 aliphatic rings. The average molecular weight is 302 g/mol. The number of nitrogens with zero attached hydrogens (tertiary/aromatic N) is 2. The van der Waals surface area contributed by atoms with Crippen LogP contribution in [0.25, 0.3) is 22.6 Å². The number of aromatic nitrogens is 2. The fourth-order valence-electron chi connectivity index (χ4n) is 2.91. The molecule has 0 radical (unpaired) electrons. The Hall–Kier alpha value is -2.81. The second kappa shape index (κ2) is 5.43. The Balaban J connectivity index is 1.91. The quantitative estimate of drug-likeness (QED) is 0.535. The first-order valence-electron chi connectivity index (χ1n) is 7.78. The third-order valence-electron chi connectivity index (χ3n) is 4.05. The van der Waals surface area contributed by atoms with Crippen LogP contribution in [0.4, 0.5) is 0 Å². The predicted molar refractivity (Wildman–Crippen MR) is 92.5 cm³/mol. The van der Waals surface area contributed by atoms with Crippen molar-refractivity contribution in [3.8, 4) is 11.6 Å². The molecule has 0 amide bonds. The van der Waals surface area contributed by atoms with Crippen LogP contribution >= 0.6 is 0 Å². The molecule has 0 bridgehead atoms. The molecule has 0 N–H and O–H groups in total. The summed E-state index contributed by atoms with van der Waals surface area (Å²) in [5.74, 6) is 2.59. The van der Waals surface area contributed by atoms with Gasteiger partial charge in [0.05, 0.1) is 11.0 Å². The molecule has 0 saturated carbocycles. The van der Waals surface area contributed by atoms with E-state index in [-0.39, 0.29) is 0 Å². The summed E-state index contributed by atoms with van der Waals surface area (Å²) >= 11 is 0. The zero-order valence-corrected chi connectivity index (χ0v) is 13.3. The van der Waals surface area contributed by atoms with Crippen molar-refractivity contribution < 1.29 is 4.42 Å². The number of hydrogen-bond acceptors (Lipinski definition) is 2. The Morgan fingerprint density at radius 3 is 2.52 bits per heavy atom. The number of benzene rings is 2. The Morgan fingerprint density at radius 1 is 0.957 bits per heavy atom. The van der Waals surface area contributed by atoms with E-state index in [2.05, 4.69) is 54.0 Å². The third-order valence-corrected chi connectivity index (χ3v) is 4.05. The fourth-order valence-corrected chi connectivity index (χ4v) is 2.91. The summed E-state index contributed by atoms with van der Waals surface area (Å²) in [6, 6.07) is 20.8. The molecular formula is C20H18N2O. The molecule has 3 nitrogen and oxygen atoms in total. The lowest BCUT2D eigenvalue weighted by molar-refractivity contribution is 0.540. The molecule has 0 atom stereocenters. The van der Waals surface area contributed by atoms with Crippen molar-refractivity contribution in [2.45, 2.75) is 20.4 Å². The molecule has 4 aromatic rings. The lowest BCUT2D eigenvalue weighted by Gasteiger charge is -2.08. The summed E-state index contributed by atoms with van der Waals surface area (Å²) in [6.07, 6.45) is 0. The maximum Gasteiger partial charge on any atom is 0.177 e. The standard InChI is InChI=1S/C20H18N2O/c1-14-8-10-18-17(12-14)21-20(19-11-9-15(2)23-19)22(18)13-16-6-4-3-5-7-16/h3-12H,13H2,1-2H3. The van der Waals surface area contributed by atoms with Gasteiger partial charge in [-0.25, -0.2) is 4.98 Å². The zero-order chi connectivity index (χ0) is 15.8. The Kier molecular flexibility index (Phi) is 3.27. The fraction of sp³-hybridized carbons (Fsp3) is 0.150. The van der Waals surface area contributed by atoms with Gasteiger partial charge in [-0.3, -0.25) is 0 Å². The minimum atomic E-state index is 0.773. The van der Waals surface area contributed by atoms with Crippen LogP contribution in [0.2, 0.25) is 0 Å². The minimum absolute atomic E-state index is 0.773. The lowest BCUT2D eigenvalue weighted by Crippen LogP contribution is -2.01. The van der Waals surface area contributed by atoms with Crippen molar-refractivity contribution in [1.29, 1.82) is 0 Å². The van der Waals surface area contributed by atoms with Crippen LogP contribution in [0.15, 0.2) is 65.1 Å². The van der Waals surface area contributed by atoms with Crippen LogP contribution in [-0.2, 0) is 6.54 Å². The number of rotatable bonds is 3.